The summed E-state index contributed by atoms with van der Waals surface area (Å²) in [5, 5.41) is 2.64. The molecule has 2 aromatic carbocycles. The quantitative estimate of drug-likeness (QED) is 0.772. The molecule has 8 heteroatoms. The Bertz CT molecular complexity index is 953. The van der Waals surface area contributed by atoms with Gasteiger partial charge in [0.2, 0.25) is 10.0 Å². The van der Waals surface area contributed by atoms with Crippen LogP contribution in [0.4, 0.5) is 15.8 Å². The maximum atomic E-state index is 14.4. The number of para-hydroxylation sites is 1. The number of halogens is 1. The van der Waals surface area contributed by atoms with E-state index in [4.69, 9.17) is 0 Å². The highest BCUT2D eigenvalue weighted by atomic mass is 32.2. The Morgan fingerprint density at radius 1 is 1.07 bits per heavy atom. The molecule has 3 rings (SSSR count). The highest BCUT2D eigenvalue weighted by Crippen LogP contribution is 2.31. The molecular weight excluding hydrogens is 381 g/mol. The Labute approximate surface area is 164 Å². The molecule has 1 aliphatic heterocycles. The average Bonchev–Trinajstić information content (AvgIpc) is 3.17. The van der Waals surface area contributed by atoms with Crippen LogP contribution in [0.3, 0.4) is 0 Å². The molecule has 1 aliphatic rings. The number of carbonyl (C=O) groups excluding carboxylic acids is 1. The maximum Gasteiger partial charge on any atom is 0.255 e. The number of hydrogen-bond donors (Lipinski definition) is 2. The Kier molecular flexibility index (Phi) is 6.00. The van der Waals surface area contributed by atoms with Gasteiger partial charge >= 0.3 is 0 Å². The first-order valence-corrected chi connectivity index (χ1v) is 10.7. The molecule has 0 bridgehead atoms. The zero-order valence-electron chi connectivity index (χ0n) is 15.9. The molecule has 6 nitrogen and oxygen atoms in total. The van der Waals surface area contributed by atoms with Crippen molar-refractivity contribution < 1.29 is 17.6 Å². The van der Waals surface area contributed by atoms with Gasteiger partial charge in [-0.1, -0.05) is 6.07 Å². The summed E-state index contributed by atoms with van der Waals surface area (Å²) in [6, 6.07) is 10.0. The minimum absolute atomic E-state index is 0.0707. The molecule has 0 saturated carbocycles. The second-order valence-corrected chi connectivity index (χ2v) is 8.80. The predicted octanol–water partition coefficient (Wildman–Crippen LogP) is 3.36. The topological polar surface area (TPSA) is 78.5 Å². The lowest BCUT2D eigenvalue weighted by Crippen LogP contribution is -2.30. The van der Waals surface area contributed by atoms with E-state index >= 15 is 0 Å². The molecular formula is C20H24FN3O3S. The van der Waals surface area contributed by atoms with E-state index in [-0.39, 0.29) is 22.2 Å². The van der Waals surface area contributed by atoms with Crippen molar-refractivity contribution in [3.8, 4) is 0 Å². The normalized spacial score (nSPS) is 14.5. The number of rotatable bonds is 6. The number of hydrogen-bond acceptors (Lipinski definition) is 4. The van der Waals surface area contributed by atoms with Crippen LogP contribution in [0.1, 0.15) is 37.0 Å². The van der Waals surface area contributed by atoms with Gasteiger partial charge in [-0.15, -0.1) is 0 Å². The van der Waals surface area contributed by atoms with Crippen molar-refractivity contribution in [3.63, 3.8) is 0 Å². The number of sulfonamides is 1. The van der Waals surface area contributed by atoms with Gasteiger partial charge in [0.15, 0.2) is 0 Å². The summed E-state index contributed by atoms with van der Waals surface area (Å²) in [6.45, 7) is 5.10. The van der Waals surface area contributed by atoms with Gasteiger partial charge in [-0.3, -0.25) is 4.79 Å². The molecule has 1 heterocycles. The molecule has 1 amide bonds. The Balaban J connectivity index is 1.81. The number of nitrogens with one attached hydrogen (secondary N) is 2. The van der Waals surface area contributed by atoms with Crippen LogP contribution in [0.2, 0.25) is 0 Å². The van der Waals surface area contributed by atoms with Crippen LogP contribution in [0.25, 0.3) is 0 Å². The van der Waals surface area contributed by atoms with Gasteiger partial charge in [-0.05, 0) is 63.1 Å². The minimum atomic E-state index is -3.63. The number of benzene rings is 2. The van der Waals surface area contributed by atoms with Crippen molar-refractivity contribution in [1.82, 2.24) is 4.72 Å². The van der Waals surface area contributed by atoms with E-state index in [2.05, 4.69) is 10.0 Å². The second-order valence-electron chi connectivity index (χ2n) is 7.08. The standard InChI is InChI=1S/C20H24FN3O3S/c1-14(2)23-28(26,27)16-10-8-15(9-11-16)20(25)22-19-17(21)6-5-7-18(19)24-12-3-4-13-24/h5-11,14,23H,3-4,12-13H2,1-2H3,(H,22,25). The van der Waals surface area contributed by atoms with Gasteiger partial charge in [0.1, 0.15) is 11.5 Å². The minimum Gasteiger partial charge on any atom is -0.370 e. The van der Waals surface area contributed by atoms with E-state index in [0.717, 1.165) is 25.9 Å². The molecule has 28 heavy (non-hydrogen) atoms. The Morgan fingerprint density at radius 2 is 1.71 bits per heavy atom. The van der Waals surface area contributed by atoms with Crippen LogP contribution in [0.15, 0.2) is 47.4 Å². The number of amides is 1. The smallest absolute Gasteiger partial charge is 0.255 e. The van der Waals surface area contributed by atoms with Crippen molar-refractivity contribution in [3.05, 3.63) is 53.8 Å². The fourth-order valence-corrected chi connectivity index (χ4v) is 4.46. The third-order valence-corrected chi connectivity index (χ3v) is 6.17. The lowest BCUT2D eigenvalue weighted by Gasteiger charge is -2.22. The largest absolute Gasteiger partial charge is 0.370 e. The molecule has 0 unspecified atom stereocenters. The molecule has 1 saturated heterocycles. The predicted molar refractivity (Wildman–Crippen MR) is 108 cm³/mol. The first kappa shape index (κ1) is 20.3. The summed E-state index contributed by atoms with van der Waals surface area (Å²) < 4.78 is 41.2. The van der Waals surface area contributed by atoms with Crippen molar-refractivity contribution in [1.29, 1.82) is 0 Å². The van der Waals surface area contributed by atoms with Crippen LogP contribution in [0.5, 0.6) is 0 Å². The van der Waals surface area contributed by atoms with Crippen LogP contribution < -0.4 is 14.9 Å². The molecule has 0 aromatic heterocycles. The monoisotopic (exact) mass is 405 g/mol. The average molecular weight is 405 g/mol. The van der Waals surface area contributed by atoms with Crippen molar-refractivity contribution >= 4 is 27.3 Å². The van der Waals surface area contributed by atoms with E-state index in [9.17, 15) is 17.6 Å². The molecule has 1 fully saturated rings. The van der Waals surface area contributed by atoms with Gasteiger partial charge < -0.3 is 10.2 Å². The Morgan fingerprint density at radius 3 is 2.32 bits per heavy atom. The fraction of sp³-hybridized carbons (Fsp3) is 0.350. The number of carbonyl (C=O) groups is 1. The molecule has 2 N–H and O–H groups in total. The molecule has 150 valence electrons. The summed E-state index contributed by atoms with van der Waals surface area (Å²) in [5.74, 6) is -0.996. The van der Waals surface area contributed by atoms with Crippen molar-refractivity contribution in [2.75, 3.05) is 23.3 Å². The molecule has 0 radical (unpaired) electrons. The molecule has 0 spiro atoms. The van der Waals surface area contributed by atoms with E-state index < -0.39 is 21.7 Å². The first-order valence-electron chi connectivity index (χ1n) is 9.25. The summed E-state index contributed by atoms with van der Waals surface area (Å²) in [7, 11) is -3.63. The fourth-order valence-electron chi connectivity index (χ4n) is 3.21. The van der Waals surface area contributed by atoms with Gasteiger partial charge in [0.25, 0.3) is 5.91 Å². The van der Waals surface area contributed by atoms with Crippen molar-refractivity contribution in [2.24, 2.45) is 0 Å². The zero-order valence-corrected chi connectivity index (χ0v) is 16.7. The number of anilines is 2. The lowest BCUT2D eigenvalue weighted by atomic mass is 10.2. The lowest BCUT2D eigenvalue weighted by molar-refractivity contribution is 0.102. The van der Waals surface area contributed by atoms with Crippen LogP contribution in [-0.2, 0) is 10.0 Å². The van der Waals surface area contributed by atoms with E-state index in [1.165, 1.54) is 30.3 Å². The van der Waals surface area contributed by atoms with Gasteiger partial charge in [0.05, 0.1) is 10.6 Å². The number of nitrogens with zero attached hydrogens (tertiary/aromatic N) is 1. The van der Waals surface area contributed by atoms with Crippen LogP contribution in [-0.4, -0.2) is 33.5 Å². The highest BCUT2D eigenvalue weighted by Gasteiger charge is 2.21. The van der Waals surface area contributed by atoms with E-state index in [1.54, 1.807) is 26.0 Å². The summed E-state index contributed by atoms with van der Waals surface area (Å²) in [6.07, 6.45) is 2.06. The third-order valence-electron chi connectivity index (χ3n) is 4.49. The molecule has 2 aromatic rings. The van der Waals surface area contributed by atoms with E-state index in [1.807, 2.05) is 4.90 Å². The van der Waals surface area contributed by atoms with Crippen molar-refractivity contribution in [2.45, 2.75) is 37.6 Å². The Hall–Kier alpha value is -2.45. The summed E-state index contributed by atoms with van der Waals surface area (Å²) >= 11 is 0. The van der Waals surface area contributed by atoms with Gasteiger partial charge in [0, 0.05) is 24.7 Å². The maximum absolute atomic E-state index is 14.4. The second kappa shape index (κ2) is 8.28. The molecule has 0 atom stereocenters. The first-order chi connectivity index (χ1) is 13.3. The SMILES string of the molecule is CC(C)NS(=O)(=O)c1ccc(C(=O)Nc2c(F)cccc2N2CCCC2)cc1. The molecule has 0 aliphatic carbocycles. The van der Waals surface area contributed by atoms with Gasteiger partial charge in [-0.25, -0.2) is 17.5 Å². The summed E-state index contributed by atoms with van der Waals surface area (Å²) in [4.78, 5) is 14.7. The summed E-state index contributed by atoms with van der Waals surface area (Å²) in [5.41, 5.74) is 1.05. The van der Waals surface area contributed by atoms with E-state index in [0.29, 0.717) is 5.69 Å². The van der Waals surface area contributed by atoms with Crippen LogP contribution in [0, 0.1) is 5.82 Å². The zero-order chi connectivity index (χ0) is 20.3. The highest BCUT2D eigenvalue weighted by molar-refractivity contribution is 7.89. The van der Waals surface area contributed by atoms with Crippen LogP contribution >= 0.6 is 0 Å². The van der Waals surface area contributed by atoms with Gasteiger partial charge in [-0.2, -0.15) is 0 Å². The third kappa shape index (κ3) is 4.51.